The van der Waals surface area contributed by atoms with Gasteiger partial charge in [-0.3, -0.25) is 4.79 Å². The molecule has 1 aromatic carbocycles. The SMILES string of the molecule is C=CCN(Cc1ccc(Cl)s1)C(=O)c1ccc(CSC)cc1. The third-order valence-electron chi connectivity index (χ3n) is 3.12. The fourth-order valence-electron chi connectivity index (χ4n) is 2.09. The molecule has 0 aliphatic rings. The van der Waals surface area contributed by atoms with E-state index in [0.29, 0.717) is 18.7 Å². The van der Waals surface area contributed by atoms with Crippen LogP contribution in [0.15, 0.2) is 49.1 Å². The van der Waals surface area contributed by atoms with Crippen molar-refractivity contribution >= 4 is 40.6 Å². The number of carbonyl (C=O) groups excluding carboxylic acids is 1. The maximum atomic E-state index is 12.7. The van der Waals surface area contributed by atoms with E-state index in [1.165, 1.54) is 16.9 Å². The third kappa shape index (κ3) is 4.63. The molecule has 116 valence electrons. The molecule has 0 N–H and O–H groups in total. The molecule has 0 bridgehead atoms. The van der Waals surface area contributed by atoms with Gasteiger partial charge in [-0.2, -0.15) is 11.8 Å². The Balaban J connectivity index is 2.12. The number of benzene rings is 1. The molecule has 0 aliphatic carbocycles. The first-order chi connectivity index (χ1) is 10.6. The van der Waals surface area contributed by atoms with Gasteiger partial charge in [-0.25, -0.2) is 0 Å². The Bertz CT molecular complexity index is 636. The molecule has 0 unspecified atom stereocenters. The molecule has 5 heteroatoms. The zero-order valence-corrected chi connectivity index (χ0v) is 14.8. The Morgan fingerprint density at radius 3 is 2.59 bits per heavy atom. The highest BCUT2D eigenvalue weighted by molar-refractivity contribution is 7.97. The highest BCUT2D eigenvalue weighted by Gasteiger charge is 2.15. The van der Waals surface area contributed by atoms with Crippen molar-refractivity contribution in [1.82, 2.24) is 4.90 Å². The van der Waals surface area contributed by atoms with Crippen molar-refractivity contribution in [3.05, 3.63) is 69.4 Å². The summed E-state index contributed by atoms with van der Waals surface area (Å²) in [6.45, 7) is 4.81. The molecule has 0 radical (unpaired) electrons. The highest BCUT2D eigenvalue weighted by Crippen LogP contribution is 2.23. The molecule has 2 nitrogen and oxygen atoms in total. The van der Waals surface area contributed by atoms with Crippen LogP contribution in [-0.2, 0) is 12.3 Å². The Morgan fingerprint density at radius 1 is 1.32 bits per heavy atom. The standard InChI is InChI=1S/C17H18ClNOS2/c1-3-10-19(11-15-8-9-16(18)22-15)17(20)14-6-4-13(5-7-14)12-21-2/h3-9H,1,10-12H2,2H3. The molecule has 2 aromatic rings. The lowest BCUT2D eigenvalue weighted by Crippen LogP contribution is -2.30. The van der Waals surface area contributed by atoms with E-state index in [2.05, 4.69) is 12.8 Å². The van der Waals surface area contributed by atoms with Crippen LogP contribution in [0.5, 0.6) is 0 Å². The summed E-state index contributed by atoms with van der Waals surface area (Å²) in [7, 11) is 0. The number of carbonyl (C=O) groups is 1. The molecular weight excluding hydrogens is 334 g/mol. The lowest BCUT2D eigenvalue weighted by molar-refractivity contribution is 0.0764. The number of hydrogen-bond acceptors (Lipinski definition) is 3. The average Bonchev–Trinajstić information content (AvgIpc) is 2.92. The largest absolute Gasteiger partial charge is 0.330 e. The second kappa shape index (κ2) is 8.42. The molecule has 0 spiro atoms. The number of halogens is 1. The number of amides is 1. The Labute approximate surface area is 144 Å². The van der Waals surface area contributed by atoms with E-state index in [0.717, 1.165) is 15.0 Å². The summed E-state index contributed by atoms with van der Waals surface area (Å²) in [6.07, 6.45) is 3.81. The van der Waals surface area contributed by atoms with Gasteiger partial charge in [0.05, 0.1) is 10.9 Å². The van der Waals surface area contributed by atoms with Crippen LogP contribution in [-0.4, -0.2) is 23.6 Å². The van der Waals surface area contributed by atoms with Crippen LogP contribution in [0.2, 0.25) is 4.34 Å². The summed E-state index contributed by atoms with van der Waals surface area (Å²) in [4.78, 5) is 15.5. The van der Waals surface area contributed by atoms with E-state index in [1.807, 2.05) is 36.4 Å². The molecule has 1 aromatic heterocycles. The zero-order chi connectivity index (χ0) is 15.9. The predicted octanol–water partition coefficient (Wildman–Crippen LogP) is 5.09. The monoisotopic (exact) mass is 351 g/mol. The molecule has 0 fully saturated rings. The number of rotatable bonds is 7. The average molecular weight is 352 g/mol. The molecule has 1 heterocycles. The molecule has 0 saturated carbocycles. The van der Waals surface area contributed by atoms with Gasteiger partial charge < -0.3 is 4.90 Å². The Morgan fingerprint density at radius 2 is 2.05 bits per heavy atom. The van der Waals surface area contributed by atoms with Crippen molar-refractivity contribution in [2.75, 3.05) is 12.8 Å². The lowest BCUT2D eigenvalue weighted by Gasteiger charge is -2.20. The number of thioether (sulfide) groups is 1. The van der Waals surface area contributed by atoms with Gasteiger partial charge in [0.25, 0.3) is 5.91 Å². The van der Waals surface area contributed by atoms with Crippen molar-refractivity contribution < 1.29 is 4.79 Å². The summed E-state index contributed by atoms with van der Waals surface area (Å²) < 4.78 is 0.738. The molecule has 0 aliphatic heterocycles. The topological polar surface area (TPSA) is 20.3 Å². The van der Waals surface area contributed by atoms with Gasteiger partial charge in [0.2, 0.25) is 0 Å². The van der Waals surface area contributed by atoms with Crippen LogP contribution >= 0.6 is 34.7 Å². The fraction of sp³-hybridized carbons (Fsp3) is 0.235. The maximum absolute atomic E-state index is 12.7. The van der Waals surface area contributed by atoms with Crippen LogP contribution < -0.4 is 0 Å². The Kier molecular flexibility index (Phi) is 6.55. The van der Waals surface area contributed by atoms with Gasteiger partial charge >= 0.3 is 0 Å². The smallest absolute Gasteiger partial charge is 0.254 e. The van der Waals surface area contributed by atoms with Crippen molar-refractivity contribution in [3.8, 4) is 0 Å². The van der Waals surface area contributed by atoms with Crippen molar-refractivity contribution in [2.45, 2.75) is 12.3 Å². The molecule has 1 amide bonds. The van der Waals surface area contributed by atoms with E-state index in [-0.39, 0.29) is 5.91 Å². The van der Waals surface area contributed by atoms with E-state index >= 15 is 0 Å². The minimum atomic E-state index is 0.0140. The van der Waals surface area contributed by atoms with Gasteiger partial charge in [0.1, 0.15) is 0 Å². The van der Waals surface area contributed by atoms with Crippen molar-refractivity contribution in [3.63, 3.8) is 0 Å². The van der Waals surface area contributed by atoms with E-state index < -0.39 is 0 Å². The molecule has 0 atom stereocenters. The van der Waals surface area contributed by atoms with Gasteiger partial charge in [0.15, 0.2) is 0 Å². The summed E-state index contributed by atoms with van der Waals surface area (Å²) in [5, 5.41) is 0. The van der Waals surface area contributed by atoms with Crippen LogP contribution in [0.3, 0.4) is 0 Å². The second-order valence-electron chi connectivity index (χ2n) is 4.81. The van der Waals surface area contributed by atoms with Crippen LogP contribution in [0.1, 0.15) is 20.8 Å². The summed E-state index contributed by atoms with van der Waals surface area (Å²) in [5.41, 5.74) is 1.93. The summed E-state index contributed by atoms with van der Waals surface area (Å²) >= 11 is 9.22. The third-order valence-corrected chi connectivity index (χ3v) is 4.96. The summed E-state index contributed by atoms with van der Waals surface area (Å²) in [5.74, 6) is 0.971. The van der Waals surface area contributed by atoms with E-state index in [9.17, 15) is 4.79 Å². The minimum absolute atomic E-state index is 0.0140. The van der Waals surface area contributed by atoms with Crippen LogP contribution in [0, 0.1) is 0 Å². The van der Waals surface area contributed by atoms with Crippen LogP contribution in [0.25, 0.3) is 0 Å². The number of nitrogens with zero attached hydrogens (tertiary/aromatic N) is 1. The number of hydrogen-bond donors (Lipinski definition) is 0. The van der Waals surface area contributed by atoms with E-state index in [4.69, 9.17) is 11.6 Å². The zero-order valence-electron chi connectivity index (χ0n) is 12.4. The van der Waals surface area contributed by atoms with Gasteiger partial charge in [-0.1, -0.05) is 29.8 Å². The minimum Gasteiger partial charge on any atom is -0.330 e. The predicted molar refractivity (Wildman–Crippen MR) is 97.9 cm³/mol. The first-order valence-electron chi connectivity index (χ1n) is 6.86. The normalized spacial score (nSPS) is 10.5. The second-order valence-corrected chi connectivity index (χ2v) is 7.48. The molecule has 0 saturated heterocycles. The van der Waals surface area contributed by atoms with Gasteiger partial charge in [-0.05, 0) is 36.1 Å². The van der Waals surface area contributed by atoms with Gasteiger partial charge in [0, 0.05) is 22.7 Å². The molecule has 2 rings (SSSR count). The Hall–Kier alpha value is -1.23. The van der Waals surface area contributed by atoms with Crippen molar-refractivity contribution in [1.29, 1.82) is 0 Å². The first-order valence-corrected chi connectivity index (χ1v) is 9.45. The fourth-order valence-corrected chi connectivity index (χ4v) is 3.72. The lowest BCUT2D eigenvalue weighted by atomic mass is 10.1. The van der Waals surface area contributed by atoms with Gasteiger partial charge in [-0.15, -0.1) is 17.9 Å². The molecular formula is C17H18ClNOS2. The van der Waals surface area contributed by atoms with E-state index in [1.54, 1.807) is 22.7 Å². The first kappa shape index (κ1) is 17.1. The molecule has 22 heavy (non-hydrogen) atoms. The summed E-state index contributed by atoms with van der Waals surface area (Å²) in [6, 6.07) is 11.6. The number of thiophene rings is 1. The van der Waals surface area contributed by atoms with Crippen LogP contribution in [0.4, 0.5) is 0 Å². The van der Waals surface area contributed by atoms with Crippen molar-refractivity contribution in [2.24, 2.45) is 0 Å². The highest BCUT2D eigenvalue weighted by atomic mass is 35.5. The maximum Gasteiger partial charge on any atom is 0.254 e. The quantitative estimate of drug-likeness (QED) is 0.647.